The molecule has 5 heteroatoms. The summed E-state index contributed by atoms with van der Waals surface area (Å²) in [6.45, 7) is 5.21. The predicted octanol–water partition coefficient (Wildman–Crippen LogP) is 1.42. The van der Waals surface area contributed by atoms with Gasteiger partial charge in [-0.3, -0.25) is 4.79 Å². The molecule has 2 aromatic heterocycles. The number of hydrogen-bond donors (Lipinski definition) is 2. The summed E-state index contributed by atoms with van der Waals surface area (Å²) in [5.41, 5.74) is 4.65. The Hall–Kier alpha value is -2.21. The van der Waals surface area contributed by atoms with Gasteiger partial charge in [0, 0.05) is 35.2 Å². The quantitative estimate of drug-likeness (QED) is 0.642. The average Bonchev–Trinajstić information content (AvgIpc) is 3.22. The van der Waals surface area contributed by atoms with E-state index in [0.717, 1.165) is 37.3 Å². The molecule has 2 aliphatic rings. The average molecular weight is 422 g/mol. The highest BCUT2D eigenvalue weighted by atomic mass is 32.1. The van der Waals surface area contributed by atoms with E-state index in [4.69, 9.17) is 0 Å². The molecule has 156 valence electrons. The first kappa shape index (κ1) is 19.7. The molecule has 0 radical (unpaired) electrons. The summed E-state index contributed by atoms with van der Waals surface area (Å²) in [7, 11) is 4.31. The topological polar surface area (TPSA) is 30.9 Å². The lowest BCUT2D eigenvalue weighted by Gasteiger charge is -2.40. The van der Waals surface area contributed by atoms with Crippen LogP contribution in [0.2, 0.25) is 0 Å². The molecular formula is C25H31N3OS+2. The Bertz CT molecular complexity index is 1090. The minimum atomic E-state index is 0.199. The highest BCUT2D eigenvalue weighted by Gasteiger charge is 2.37. The normalized spacial score (nSPS) is 22.8. The first-order valence-corrected chi connectivity index (χ1v) is 11.9. The number of nitrogens with one attached hydrogen (secondary N) is 2. The maximum Gasteiger partial charge on any atom is 0.258 e. The summed E-state index contributed by atoms with van der Waals surface area (Å²) in [6.07, 6.45) is 1.23. The summed E-state index contributed by atoms with van der Waals surface area (Å²) >= 11 is 1.86. The molecule has 2 aliphatic heterocycles. The Morgan fingerprint density at radius 3 is 2.73 bits per heavy atom. The van der Waals surface area contributed by atoms with E-state index in [2.05, 4.69) is 66.5 Å². The largest absolute Gasteiger partial charge is 0.336 e. The van der Waals surface area contributed by atoms with E-state index >= 15 is 0 Å². The van der Waals surface area contributed by atoms with Gasteiger partial charge in [0.2, 0.25) is 0 Å². The second-order valence-electron chi connectivity index (χ2n) is 9.34. The fourth-order valence-electron chi connectivity index (χ4n) is 5.50. The van der Waals surface area contributed by atoms with E-state index in [9.17, 15) is 4.79 Å². The highest BCUT2D eigenvalue weighted by Crippen LogP contribution is 2.32. The number of benzene rings is 1. The van der Waals surface area contributed by atoms with Crippen molar-refractivity contribution in [2.24, 2.45) is 5.92 Å². The zero-order valence-corrected chi connectivity index (χ0v) is 18.7. The number of pyridine rings is 1. The lowest BCUT2D eigenvalue weighted by Crippen LogP contribution is -3.13. The van der Waals surface area contributed by atoms with Gasteiger partial charge in [-0.1, -0.05) is 30.3 Å². The molecule has 3 aromatic rings. The molecule has 4 nitrogen and oxygen atoms in total. The van der Waals surface area contributed by atoms with Crippen LogP contribution in [0.1, 0.15) is 28.5 Å². The van der Waals surface area contributed by atoms with Crippen molar-refractivity contribution < 1.29 is 9.80 Å². The van der Waals surface area contributed by atoms with Crippen LogP contribution in [0.4, 0.5) is 0 Å². The number of rotatable bonds is 5. The van der Waals surface area contributed by atoms with Crippen LogP contribution in [0.3, 0.4) is 0 Å². The van der Waals surface area contributed by atoms with Crippen molar-refractivity contribution in [1.29, 1.82) is 0 Å². The smallest absolute Gasteiger partial charge is 0.258 e. The SMILES string of the molecule is C[NH+](C)Cc1ccccc1-c1ccc2n(c1=O)C[C@H]1C[C@@H]2C[NH+](Cc2cccs2)C1. The van der Waals surface area contributed by atoms with Gasteiger partial charge in [0.1, 0.15) is 13.1 Å². The molecular weight excluding hydrogens is 390 g/mol. The molecule has 4 heterocycles. The summed E-state index contributed by atoms with van der Waals surface area (Å²) in [6, 6.07) is 17.1. The lowest BCUT2D eigenvalue weighted by molar-refractivity contribution is -0.924. The second-order valence-corrected chi connectivity index (χ2v) is 10.4. The Kier molecular flexibility index (Phi) is 5.35. The molecule has 1 unspecified atom stereocenters. The van der Waals surface area contributed by atoms with Gasteiger partial charge in [0.25, 0.3) is 5.56 Å². The molecule has 2 N–H and O–H groups in total. The Morgan fingerprint density at radius 2 is 1.93 bits per heavy atom. The third kappa shape index (κ3) is 3.78. The Morgan fingerprint density at radius 1 is 1.07 bits per heavy atom. The van der Waals surface area contributed by atoms with E-state index in [1.54, 1.807) is 4.90 Å². The predicted molar refractivity (Wildman–Crippen MR) is 122 cm³/mol. The number of aromatic nitrogens is 1. The standard InChI is InChI=1S/C25H29N3OS/c1-26(2)15-19-6-3-4-8-22(19)23-9-10-24-20-12-18(14-28(24)25(23)29)13-27(16-20)17-21-7-5-11-30-21/h3-11,18,20H,12-17H2,1-2H3/p+2/t18-,20+/m0/s1. The van der Waals surface area contributed by atoms with Gasteiger partial charge in [-0.2, -0.15) is 0 Å². The van der Waals surface area contributed by atoms with Gasteiger partial charge >= 0.3 is 0 Å². The van der Waals surface area contributed by atoms with Crippen LogP contribution in [0.25, 0.3) is 11.1 Å². The van der Waals surface area contributed by atoms with Crippen LogP contribution in [-0.2, 0) is 19.6 Å². The summed E-state index contributed by atoms with van der Waals surface area (Å²) in [4.78, 5) is 18.1. The highest BCUT2D eigenvalue weighted by molar-refractivity contribution is 7.09. The van der Waals surface area contributed by atoms with Crippen LogP contribution in [-0.4, -0.2) is 31.8 Å². The third-order valence-corrected chi connectivity index (χ3v) is 7.53. The van der Waals surface area contributed by atoms with Crippen molar-refractivity contribution in [2.75, 3.05) is 27.2 Å². The molecule has 0 saturated carbocycles. The van der Waals surface area contributed by atoms with E-state index in [1.165, 1.54) is 34.0 Å². The fraction of sp³-hybridized carbons (Fsp3) is 0.400. The van der Waals surface area contributed by atoms with Gasteiger partial charge in [0.05, 0.1) is 32.1 Å². The lowest BCUT2D eigenvalue weighted by atomic mass is 9.82. The van der Waals surface area contributed by atoms with Gasteiger partial charge in [-0.25, -0.2) is 0 Å². The van der Waals surface area contributed by atoms with Crippen LogP contribution in [0, 0.1) is 5.92 Å². The van der Waals surface area contributed by atoms with Crippen molar-refractivity contribution >= 4 is 11.3 Å². The third-order valence-electron chi connectivity index (χ3n) is 6.65. The first-order valence-electron chi connectivity index (χ1n) is 11.1. The van der Waals surface area contributed by atoms with Crippen molar-refractivity contribution in [1.82, 2.24) is 4.57 Å². The van der Waals surface area contributed by atoms with E-state index in [1.807, 2.05) is 17.4 Å². The van der Waals surface area contributed by atoms with Crippen molar-refractivity contribution in [3.63, 3.8) is 0 Å². The number of piperidine rings is 1. The summed E-state index contributed by atoms with van der Waals surface area (Å²) in [5, 5.41) is 2.17. The molecule has 0 amide bonds. The molecule has 1 aromatic carbocycles. The maximum atomic E-state index is 13.6. The zero-order chi connectivity index (χ0) is 20.7. The number of quaternary nitrogens is 2. The molecule has 1 fully saturated rings. The van der Waals surface area contributed by atoms with Crippen LogP contribution in [0.5, 0.6) is 0 Å². The number of fused-ring (bicyclic) bond motifs is 4. The van der Waals surface area contributed by atoms with Gasteiger partial charge in [-0.05, 0) is 35.6 Å². The summed E-state index contributed by atoms with van der Waals surface area (Å²) < 4.78 is 2.11. The van der Waals surface area contributed by atoms with Crippen LogP contribution < -0.4 is 15.4 Å². The van der Waals surface area contributed by atoms with Gasteiger partial charge < -0.3 is 14.4 Å². The summed E-state index contributed by atoms with van der Waals surface area (Å²) in [5.74, 6) is 1.09. The minimum Gasteiger partial charge on any atom is -0.336 e. The van der Waals surface area contributed by atoms with Crippen LogP contribution in [0.15, 0.2) is 58.7 Å². The zero-order valence-electron chi connectivity index (χ0n) is 17.9. The van der Waals surface area contributed by atoms with E-state index in [-0.39, 0.29) is 5.56 Å². The van der Waals surface area contributed by atoms with Crippen molar-refractivity contribution in [3.05, 3.63) is 80.4 Å². The van der Waals surface area contributed by atoms with Crippen molar-refractivity contribution in [2.45, 2.75) is 32.0 Å². The fourth-order valence-corrected chi connectivity index (χ4v) is 6.27. The Labute approximate surface area is 182 Å². The number of nitrogens with zero attached hydrogens (tertiary/aromatic N) is 1. The minimum absolute atomic E-state index is 0.199. The second kappa shape index (κ2) is 8.14. The van der Waals surface area contributed by atoms with E-state index < -0.39 is 0 Å². The monoisotopic (exact) mass is 421 g/mol. The number of hydrogen-bond acceptors (Lipinski definition) is 2. The number of likely N-dealkylation sites (tertiary alicyclic amines) is 1. The molecule has 5 rings (SSSR count). The molecule has 0 spiro atoms. The Balaban J connectivity index is 1.46. The maximum absolute atomic E-state index is 13.6. The molecule has 30 heavy (non-hydrogen) atoms. The number of thiophene rings is 1. The van der Waals surface area contributed by atoms with Crippen LogP contribution >= 0.6 is 11.3 Å². The molecule has 2 bridgehead atoms. The van der Waals surface area contributed by atoms with Gasteiger partial charge in [-0.15, -0.1) is 11.3 Å². The van der Waals surface area contributed by atoms with Gasteiger partial charge in [0.15, 0.2) is 0 Å². The van der Waals surface area contributed by atoms with Crippen molar-refractivity contribution in [3.8, 4) is 11.1 Å². The molecule has 3 atom stereocenters. The van der Waals surface area contributed by atoms with E-state index in [0.29, 0.717) is 11.8 Å². The molecule has 1 saturated heterocycles. The molecule has 0 aliphatic carbocycles. The first-order chi connectivity index (χ1) is 14.6.